The van der Waals surface area contributed by atoms with E-state index in [9.17, 15) is 5.26 Å². The number of pyridine rings is 1. The zero-order valence-electron chi connectivity index (χ0n) is 17.2. The first-order chi connectivity index (χ1) is 14.0. The first kappa shape index (κ1) is 20.2. The second-order valence-corrected chi connectivity index (χ2v) is 7.29. The Morgan fingerprint density at radius 2 is 1.62 bits per heavy atom. The summed E-state index contributed by atoms with van der Waals surface area (Å²) in [7, 11) is 3.17. The Labute approximate surface area is 171 Å². The second-order valence-electron chi connectivity index (χ2n) is 7.29. The van der Waals surface area contributed by atoms with Gasteiger partial charge in [-0.15, -0.1) is 0 Å². The highest BCUT2D eigenvalue weighted by molar-refractivity contribution is 5.81. The number of rotatable bonds is 6. The van der Waals surface area contributed by atoms with Gasteiger partial charge in [0.25, 0.3) is 0 Å². The van der Waals surface area contributed by atoms with Crippen LogP contribution in [0.1, 0.15) is 25.0 Å². The average molecular weight is 387 g/mol. The van der Waals surface area contributed by atoms with Crippen molar-refractivity contribution in [3.8, 4) is 40.0 Å². The number of nitriles is 1. The summed E-state index contributed by atoms with van der Waals surface area (Å²) in [5.74, 6) is 2.02. The summed E-state index contributed by atoms with van der Waals surface area (Å²) in [6.07, 6.45) is 1.03. The van der Waals surface area contributed by atoms with E-state index >= 15 is 0 Å². The second kappa shape index (κ2) is 8.66. The van der Waals surface area contributed by atoms with E-state index in [-0.39, 0.29) is 5.82 Å². The van der Waals surface area contributed by atoms with Crippen molar-refractivity contribution in [3.63, 3.8) is 0 Å². The summed E-state index contributed by atoms with van der Waals surface area (Å²) < 4.78 is 10.7. The van der Waals surface area contributed by atoms with Gasteiger partial charge in [-0.25, -0.2) is 4.98 Å². The number of aromatic nitrogens is 1. The Morgan fingerprint density at radius 1 is 0.966 bits per heavy atom. The molecule has 0 amide bonds. The van der Waals surface area contributed by atoms with Crippen LogP contribution < -0.4 is 15.2 Å². The molecule has 0 spiro atoms. The molecule has 148 valence electrons. The van der Waals surface area contributed by atoms with Crippen molar-refractivity contribution in [3.05, 3.63) is 59.7 Å². The molecule has 0 aliphatic carbocycles. The van der Waals surface area contributed by atoms with Gasteiger partial charge in [0.1, 0.15) is 17.5 Å². The van der Waals surface area contributed by atoms with Gasteiger partial charge in [-0.2, -0.15) is 5.26 Å². The van der Waals surface area contributed by atoms with Gasteiger partial charge in [0.05, 0.1) is 19.9 Å². The average Bonchev–Trinajstić information content (AvgIpc) is 2.72. The van der Waals surface area contributed by atoms with Crippen LogP contribution in [0.2, 0.25) is 0 Å². The lowest BCUT2D eigenvalue weighted by molar-refractivity contribution is 0.355. The molecule has 29 heavy (non-hydrogen) atoms. The van der Waals surface area contributed by atoms with Gasteiger partial charge in [-0.3, -0.25) is 0 Å². The quantitative estimate of drug-likeness (QED) is 0.637. The molecule has 2 aromatic carbocycles. The highest BCUT2D eigenvalue weighted by Gasteiger charge is 2.15. The minimum atomic E-state index is 0.209. The number of nitrogens with zero attached hydrogens (tertiary/aromatic N) is 2. The van der Waals surface area contributed by atoms with Crippen molar-refractivity contribution < 1.29 is 9.47 Å². The number of hydrogen-bond donors (Lipinski definition) is 1. The molecule has 2 N–H and O–H groups in total. The zero-order chi connectivity index (χ0) is 21.0. The molecule has 0 saturated heterocycles. The molecular weight excluding hydrogens is 362 g/mol. The molecular formula is C24H25N3O2. The number of hydrogen-bond acceptors (Lipinski definition) is 5. The largest absolute Gasteiger partial charge is 0.493 e. The molecule has 1 heterocycles. The van der Waals surface area contributed by atoms with Crippen molar-refractivity contribution in [2.45, 2.75) is 20.3 Å². The molecule has 0 aliphatic rings. The van der Waals surface area contributed by atoms with Crippen molar-refractivity contribution in [1.29, 1.82) is 5.26 Å². The van der Waals surface area contributed by atoms with Crippen LogP contribution in [0.15, 0.2) is 48.5 Å². The maximum absolute atomic E-state index is 9.64. The predicted octanol–water partition coefficient (Wildman–Crippen LogP) is 5.09. The van der Waals surface area contributed by atoms with Gasteiger partial charge >= 0.3 is 0 Å². The van der Waals surface area contributed by atoms with Crippen LogP contribution in [0.4, 0.5) is 5.82 Å². The molecule has 0 unspecified atom stereocenters. The van der Waals surface area contributed by atoms with Gasteiger partial charge < -0.3 is 15.2 Å². The SMILES string of the molecule is COc1ccc(-c2cc(-c3ccc(CC(C)C)cc3)nc(N)c2C#N)cc1OC. The Morgan fingerprint density at radius 3 is 2.21 bits per heavy atom. The van der Waals surface area contributed by atoms with Crippen LogP contribution in [-0.2, 0) is 6.42 Å². The molecule has 1 aromatic heterocycles. The van der Waals surface area contributed by atoms with Gasteiger partial charge in [0, 0.05) is 11.1 Å². The Hall–Kier alpha value is -3.52. The molecule has 3 aromatic rings. The van der Waals surface area contributed by atoms with Crippen molar-refractivity contribution in [1.82, 2.24) is 4.98 Å². The van der Waals surface area contributed by atoms with Crippen molar-refractivity contribution in [2.24, 2.45) is 5.92 Å². The first-order valence-corrected chi connectivity index (χ1v) is 9.49. The number of methoxy groups -OCH3 is 2. The van der Waals surface area contributed by atoms with Crippen LogP contribution >= 0.6 is 0 Å². The number of benzene rings is 2. The van der Waals surface area contributed by atoms with Crippen LogP contribution in [0.3, 0.4) is 0 Å². The lowest BCUT2D eigenvalue weighted by Gasteiger charge is -2.13. The molecule has 5 nitrogen and oxygen atoms in total. The van der Waals surface area contributed by atoms with Gasteiger partial charge in [0.15, 0.2) is 11.5 Å². The molecule has 0 bridgehead atoms. The van der Waals surface area contributed by atoms with Crippen LogP contribution in [0.5, 0.6) is 11.5 Å². The summed E-state index contributed by atoms with van der Waals surface area (Å²) in [6, 6.07) is 17.9. The minimum absolute atomic E-state index is 0.209. The third kappa shape index (κ3) is 4.33. The van der Waals surface area contributed by atoms with E-state index in [2.05, 4.69) is 37.0 Å². The number of ether oxygens (including phenoxy) is 2. The molecule has 0 fully saturated rings. The van der Waals surface area contributed by atoms with E-state index in [1.807, 2.05) is 36.4 Å². The summed E-state index contributed by atoms with van der Waals surface area (Å²) in [6.45, 7) is 4.40. The summed E-state index contributed by atoms with van der Waals surface area (Å²) in [5, 5.41) is 9.64. The number of nitrogens with two attached hydrogens (primary N) is 1. The van der Waals surface area contributed by atoms with E-state index in [1.165, 1.54) is 5.56 Å². The maximum Gasteiger partial charge on any atom is 0.161 e. The maximum atomic E-state index is 9.64. The summed E-state index contributed by atoms with van der Waals surface area (Å²) in [5.41, 5.74) is 11.0. The molecule has 5 heteroatoms. The molecule has 0 atom stereocenters. The highest BCUT2D eigenvalue weighted by atomic mass is 16.5. The first-order valence-electron chi connectivity index (χ1n) is 9.49. The van der Waals surface area contributed by atoms with E-state index in [0.717, 1.165) is 23.2 Å². The van der Waals surface area contributed by atoms with Gasteiger partial charge in [-0.05, 0) is 41.7 Å². The van der Waals surface area contributed by atoms with Gasteiger partial charge in [-0.1, -0.05) is 44.2 Å². The molecule has 0 aliphatic heterocycles. The Balaban J connectivity index is 2.09. The van der Waals surface area contributed by atoms with Crippen molar-refractivity contribution >= 4 is 5.82 Å². The fourth-order valence-electron chi connectivity index (χ4n) is 3.34. The summed E-state index contributed by atoms with van der Waals surface area (Å²) in [4.78, 5) is 4.47. The summed E-state index contributed by atoms with van der Waals surface area (Å²) >= 11 is 0. The third-order valence-corrected chi connectivity index (χ3v) is 4.75. The molecule has 0 saturated carbocycles. The van der Waals surface area contributed by atoms with E-state index in [0.29, 0.717) is 28.5 Å². The number of anilines is 1. The topological polar surface area (TPSA) is 81.2 Å². The smallest absolute Gasteiger partial charge is 0.161 e. The fraction of sp³-hybridized carbons (Fsp3) is 0.250. The van der Waals surface area contributed by atoms with Crippen molar-refractivity contribution in [2.75, 3.05) is 20.0 Å². The predicted molar refractivity (Wildman–Crippen MR) is 116 cm³/mol. The standard InChI is InChI=1S/C24H25N3O2/c1-15(2)11-16-5-7-17(8-6-16)21-13-19(20(14-25)24(26)27-21)18-9-10-22(28-3)23(12-18)29-4/h5-10,12-13,15H,11H2,1-4H3,(H2,26,27). The molecule has 3 rings (SSSR count). The van der Waals surface area contributed by atoms with E-state index < -0.39 is 0 Å². The van der Waals surface area contributed by atoms with Crippen LogP contribution in [0.25, 0.3) is 22.4 Å². The minimum Gasteiger partial charge on any atom is -0.493 e. The van der Waals surface area contributed by atoms with Crippen LogP contribution in [0, 0.1) is 17.2 Å². The Bertz CT molecular complexity index is 1050. The highest BCUT2D eigenvalue weighted by Crippen LogP contribution is 2.36. The monoisotopic (exact) mass is 387 g/mol. The van der Waals surface area contributed by atoms with E-state index in [1.54, 1.807) is 14.2 Å². The lowest BCUT2D eigenvalue weighted by atomic mass is 9.97. The number of nitrogen functional groups attached to an aromatic ring is 1. The fourth-order valence-corrected chi connectivity index (χ4v) is 3.34. The third-order valence-electron chi connectivity index (χ3n) is 4.75. The molecule has 0 radical (unpaired) electrons. The lowest BCUT2D eigenvalue weighted by Crippen LogP contribution is -2.00. The zero-order valence-corrected chi connectivity index (χ0v) is 17.2. The normalized spacial score (nSPS) is 10.6. The van der Waals surface area contributed by atoms with Gasteiger partial charge in [0.2, 0.25) is 0 Å². The Kier molecular flexibility index (Phi) is 6.04. The van der Waals surface area contributed by atoms with E-state index in [4.69, 9.17) is 15.2 Å². The van der Waals surface area contributed by atoms with Crippen LogP contribution in [-0.4, -0.2) is 19.2 Å².